The van der Waals surface area contributed by atoms with Gasteiger partial charge in [-0.3, -0.25) is 4.68 Å². The SMILES string of the molecule is CCCCC(CC)(CNC)Cc1c(Cl)c(CC)nn1C. The molecule has 0 aliphatic carbocycles. The molecule has 0 spiro atoms. The predicted octanol–water partition coefficient (Wildman–Crippen LogP) is 3.98. The molecule has 1 aromatic heterocycles. The summed E-state index contributed by atoms with van der Waals surface area (Å²) in [6.45, 7) is 7.69. The van der Waals surface area contributed by atoms with Gasteiger partial charge < -0.3 is 5.32 Å². The van der Waals surface area contributed by atoms with E-state index in [1.165, 1.54) is 25.0 Å². The summed E-state index contributed by atoms with van der Waals surface area (Å²) in [4.78, 5) is 0. The molecule has 0 amide bonds. The van der Waals surface area contributed by atoms with E-state index in [0.29, 0.717) is 0 Å². The summed E-state index contributed by atoms with van der Waals surface area (Å²) in [5.74, 6) is 0. The quantitative estimate of drug-likeness (QED) is 0.747. The van der Waals surface area contributed by atoms with Crippen molar-refractivity contribution in [1.29, 1.82) is 0 Å². The Morgan fingerprint density at radius 2 is 2.00 bits per heavy atom. The Morgan fingerprint density at radius 3 is 2.45 bits per heavy atom. The van der Waals surface area contributed by atoms with Crippen LogP contribution < -0.4 is 5.32 Å². The van der Waals surface area contributed by atoms with Gasteiger partial charge in [0.25, 0.3) is 0 Å². The first kappa shape index (κ1) is 17.5. The highest BCUT2D eigenvalue weighted by atomic mass is 35.5. The molecule has 20 heavy (non-hydrogen) atoms. The third-order valence-electron chi connectivity index (χ3n) is 4.41. The average molecular weight is 300 g/mol. The van der Waals surface area contributed by atoms with Crippen LogP contribution in [0.15, 0.2) is 0 Å². The second-order valence-corrected chi connectivity index (χ2v) is 6.23. The van der Waals surface area contributed by atoms with Crippen molar-refractivity contribution in [2.45, 2.75) is 59.3 Å². The molecule has 0 saturated carbocycles. The van der Waals surface area contributed by atoms with E-state index in [-0.39, 0.29) is 5.41 Å². The van der Waals surface area contributed by atoms with Gasteiger partial charge in [0.15, 0.2) is 0 Å². The third-order valence-corrected chi connectivity index (χ3v) is 4.84. The maximum Gasteiger partial charge on any atom is 0.0849 e. The van der Waals surface area contributed by atoms with Crippen molar-refractivity contribution in [3.05, 3.63) is 16.4 Å². The first-order chi connectivity index (χ1) is 9.53. The molecule has 0 aliphatic rings. The lowest BCUT2D eigenvalue weighted by atomic mass is 9.76. The molecule has 1 N–H and O–H groups in total. The minimum atomic E-state index is 0.285. The minimum absolute atomic E-state index is 0.285. The Hall–Kier alpha value is -0.540. The molecule has 0 saturated heterocycles. The average Bonchev–Trinajstić information content (AvgIpc) is 2.72. The summed E-state index contributed by atoms with van der Waals surface area (Å²) >= 11 is 6.52. The van der Waals surface area contributed by atoms with Crippen LogP contribution in [-0.2, 0) is 19.9 Å². The van der Waals surface area contributed by atoms with Gasteiger partial charge in [-0.25, -0.2) is 0 Å². The summed E-state index contributed by atoms with van der Waals surface area (Å²) in [6.07, 6.45) is 6.82. The summed E-state index contributed by atoms with van der Waals surface area (Å²) in [5.41, 5.74) is 2.50. The molecule has 1 heterocycles. The van der Waals surface area contributed by atoms with Crippen molar-refractivity contribution in [2.24, 2.45) is 12.5 Å². The number of nitrogens with one attached hydrogen (secondary N) is 1. The van der Waals surface area contributed by atoms with E-state index in [2.05, 4.69) is 31.2 Å². The highest BCUT2D eigenvalue weighted by Gasteiger charge is 2.30. The van der Waals surface area contributed by atoms with Crippen molar-refractivity contribution in [1.82, 2.24) is 15.1 Å². The van der Waals surface area contributed by atoms with Gasteiger partial charge >= 0.3 is 0 Å². The van der Waals surface area contributed by atoms with Crippen molar-refractivity contribution < 1.29 is 0 Å². The molecule has 4 heteroatoms. The first-order valence-electron chi connectivity index (χ1n) is 7.88. The van der Waals surface area contributed by atoms with E-state index in [1.807, 2.05) is 18.8 Å². The zero-order valence-electron chi connectivity index (χ0n) is 13.7. The lowest BCUT2D eigenvalue weighted by Crippen LogP contribution is -2.35. The molecule has 0 radical (unpaired) electrons. The van der Waals surface area contributed by atoms with E-state index in [0.717, 1.165) is 36.5 Å². The highest BCUT2D eigenvalue weighted by molar-refractivity contribution is 6.31. The highest BCUT2D eigenvalue weighted by Crippen LogP contribution is 2.35. The molecule has 3 nitrogen and oxygen atoms in total. The fourth-order valence-electron chi connectivity index (χ4n) is 2.96. The Bertz CT molecular complexity index is 414. The predicted molar refractivity (Wildman–Crippen MR) is 87.5 cm³/mol. The molecule has 1 rings (SSSR count). The van der Waals surface area contributed by atoms with Gasteiger partial charge in [0, 0.05) is 13.6 Å². The van der Waals surface area contributed by atoms with Gasteiger partial charge in [-0.15, -0.1) is 0 Å². The number of aryl methyl sites for hydroxylation is 2. The van der Waals surface area contributed by atoms with Crippen molar-refractivity contribution >= 4 is 11.6 Å². The lowest BCUT2D eigenvalue weighted by Gasteiger charge is -2.33. The zero-order valence-corrected chi connectivity index (χ0v) is 14.5. The maximum absolute atomic E-state index is 6.52. The van der Waals surface area contributed by atoms with Crippen LogP contribution in [0.4, 0.5) is 0 Å². The monoisotopic (exact) mass is 299 g/mol. The van der Waals surface area contributed by atoms with Crippen LogP contribution in [0.25, 0.3) is 0 Å². The van der Waals surface area contributed by atoms with E-state index in [1.54, 1.807) is 0 Å². The first-order valence-corrected chi connectivity index (χ1v) is 8.26. The maximum atomic E-state index is 6.52. The molecule has 0 aromatic carbocycles. The Kier molecular flexibility index (Phi) is 7.04. The van der Waals surface area contributed by atoms with Crippen LogP contribution >= 0.6 is 11.6 Å². The second-order valence-electron chi connectivity index (χ2n) is 5.85. The van der Waals surface area contributed by atoms with E-state index >= 15 is 0 Å². The number of hydrogen-bond donors (Lipinski definition) is 1. The number of aromatic nitrogens is 2. The van der Waals surface area contributed by atoms with Crippen LogP contribution in [0.3, 0.4) is 0 Å². The molecule has 0 bridgehead atoms. The van der Waals surface area contributed by atoms with Gasteiger partial charge in [0.05, 0.1) is 16.4 Å². The fraction of sp³-hybridized carbons (Fsp3) is 0.812. The zero-order chi connectivity index (χ0) is 15.2. The smallest absolute Gasteiger partial charge is 0.0849 e. The minimum Gasteiger partial charge on any atom is -0.319 e. The van der Waals surface area contributed by atoms with Gasteiger partial charge in [0.2, 0.25) is 0 Å². The van der Waals surface area contributed by atoms with Gasteiger partial charge in [-0.05, 0) is 38.1 Å². The lowest BCUT2D eigenvalue weighted by molar-refractivity contribution is 0.230. The molecular weight excluding hydrogens is 270 g/mol. The second kappa shape index (κ2) is 8.04. The topological polar surface area (TPSA) is 29.9 Å². The molecule has 1 aromatic rings. The molecule has 116 valence electrons. The number of unbranched alkanes of at least 4 members (excludes halogenated alkanes) is 1. The van der Waals surface area contributed by atoms with E-state index < -0.39 is 0 Å². The van der Waals surface area contributed by atoms with Crippen molar-refractivity contribution in [2.75, 3.05) is 13.6 Å². The Balaban J connectivity index is 3.02. The molecule has 1 atom stereocenters. The summed E-state index contributed by atoms with van der Waals surface area (Å²) in [6, 6.07) is 0. The van der Waals surface area contributed by atoms with Crippen LogP contribution in [0.5, 0.6) is 0 Å². The summed E-state index contributed by atoms with van der Waals surface area (Å²) < 4.78 is 1.98. The molecule has 0 aliphatic heterocycles. The van der Waals surface area contributed by atoms with Crippen molar-refractivity contribution in [3.63, 3.8) is 0 Å². The normalized spacial score (nSPS) is 14.5. The van der Waals surface area contributed by atoms with Crippen LogP contribution in [-0.4, -0.2) is 23.4 Å². The number of rotatable bonds is 9. The number of hydrogen-bond acceptors (Lipinski definition) is 2. The van der Waals surface area contributed by atoms with E-state index in [4.69, 9.17) is 11.6 Å². The number of nitrogens with zero attached hydrogens (tertiary/aromatic N) is 2. The number of halogens is 1. The van der Waals surface area contributed by atoms with E-state index in [9.17, 15) is 0 Å². The van der Waals surface area contributed by atoms with Crippen molar-refractivity contribution in [3.8, 4) is 0 Å². The molecule has 1 unspecified atom stereocenters. The Morgan fingerprint density at radius 1 is 1.30 bits per heavy atom. The van der Waals surface area contributed by atoms with Crippen LogP contribution in [0, 0.1) is 5.41 Å². The Labute approximate surface area is 129 Å². The third kappa shape index (κ3) is 3.98. The summed E-state index contributed by atoms with van der Waals surface area (Å²) in [7, 11) is 4.05. The van der Waals surface area contributed by atoms with Gasteiger partial charge in [0.1, 0.15) is 0 Å². The van der Waals surface area contributed by atoms with Gasteiger partial charge in [-0.2, -0.15) is 5.10 Å². The summed E-state index contributed by atoms with van der Waals surface area (Å²) in [5, 5.41) is 8.80. The van der Waals surface area contributed by atoms with Gasteiger partial charge in [-0.1, -0.05) is 45.2 Å². The molecular formula is C16H30ClN3. The van der Waals surface area contributed by atoms with Crippen LogP contribution in [0.1, 0.15) is 57.8 Å². The fourth-order valence-corrected chi connectivity index (χ4v) is 3.32. The van der Waals surface area contributed by atoms with Crippen LogP contribution in [0.2, 0.25) is 5.02 Å². The largest absolute Gasteiger partial charge is 0.319 e. The standard InChI is InChI=1S/C16H30ClN3/c1-6-9-10-16(8-3,12-18-4)11-14-15(17)13(7-2)19-20(14)5/h18H,6-12H2,1-5H3. The molecule has 0 fully saturated rings.